The van der Waals surface area contributed by atoms with Crippen LogP contribution in [0.25, 0.3) is 0 Å². The molecule has 47 heavy (non-hydrogen) atoms. The maximum atomic E-state index is 14.8. The predicted octanol–water partition coefficient (Wildman–Crippen LogP) is 11.9. The van der Waals surface area contributed by atoms with Gasteiger partial charge in [0, 0.05) is 16.8 Å². The van der Waals surface area contributed by atoms with E-state index in [4.69, 9.17) is 0 Å². The van der Waals surface area contributed by atoms with E-state index in [2.05, 4.69) is 19.2 Å². The Morgan fingerprint density at radius 1 is 0.489 bits per heavy atom. The number of hydrogen-bond acceptors (Lipinski definition) is 3. The molecule has 0 aromatic heterocycles. The van der Waals surface area contributed by atoms with E-state index in [0.29, 0.717) is 17.1 Å². The van der Waals surface area contributed by atoms with E-state index in [-0.39, 0.29) is 23.3 Å². The van der Waals surface area contributed by atoms with Crippen molar-refractivity contribution >= 4 is 44.7 Å². The monoisotopic (exact) mass is 651 g/mol. The van der Waals surface area contributed by atoms with Crippen molar-refractivity contribution in [3.63, 3.8) is 0 Å². The Bertz CT molecular complexity index is 1940. The summed E-state index contributed by atoms with van der Waals surface area (Å²) in [6.45, 7) is 3.87. The Morgan fingerprint density at radius 3 is 1.43 bits per heavy atom. The zero-order valence-corrected chi connectivity index (χ0v) is 26.9. The lowest BCUT2D eigenvalue weighted by Crippen LogP contribution is -2.40. The normalized spacial score (nSPS) is 13.8. The summed E-state index contributed by atoms with van der Waals surface area (Å²) >= 11 is 0. The fourth-order valence-electron chi connectivity index (χ4n) is 5.83. The number of benzene rings is 6. The Kier molecular flexibility index (Phi) is 8.96. The minimum atomic E-state index is -2.47. The van der Waals surface area contributed by atoms with Crippen molar-refractivity contribution in [1.29, 1.82) is 0 Å². The first-order valence-corrected chi connectivity index (χ1v) is 16.9. The van der Waals surface area contributed by atoms with Gasteiger partial charge in [-0.1, -0.05) is 60.7 Å². The molecule has 0 spiro atoms. The van der Waals surface area contributed by atoms with Gasteiger partial charge in [-0.25, -0.2) is 17.6 Å². The highest BCUT2D eigenvalue weighted by Gasteiger charge is 2.49. The molecule has 0 unspecified atom stereocenters. The minimum absolute atomic E-state index is 0.162. The molecule has 1 aliphatic heterocycles. The molecule has 0 fully saturated rings. The number of halogens is 4. The lowest BCUT2D eigenvalue weighted by atomic mass is 10.2. The van der Waals surface area contributed by atoms with E-state index in [1.54, 1.807) is 24.3 Å². The van der Waals surface area contributed by atoms with Crippen LogP contribution in [0.1, 0.15) is 11.1 Å². The van der Waals surface area contributed by atoms with Gasteiger partial charge >= 0.3 is 0 Å². The third-order valence-corrected chi connectivity index (χ3v) is 11.1. The number of anilines is 6. The minimum Gasteiger partial charge on any atom is -0.271 e. The van der Waals surface area contributed by atoms with Gasteiger partial charge in [-0.3, -0.25) is 12.9 Å². The topological polar surface area (TPSA) is 9.72 Å². The van der Waals surface area contributed by atoms with E-state index >= 15 is 0 Å². The Hall–Kier alpha value is -5.21. The van der Waals surface area contributed by atoms with E-state index in [1.165, 1.54) is 48.5 Å². The molecule has 238 valence electrons. The van der Waals surface area contributed by atoms with Crippen molar-refractivity contribution in [2.75, 3.05) is 19.2 Å². The molecule has 0 saturated heterocycles. The molecule has 6 aromatic rings. The molecule has 1 heterocycles. The van der Waals surface area contributed by atoms with Gasteiger partial charge in [-0.2, -0.15) is 0 Å². The average Bonchev–Trinajstić information content (AvgIpc) is 3.30. The summed E-state index contributed by atoms with van der Waals surface area (Å²) in [4.78, 5) is 0. The number of rotatable bonds is 5. The van der Waals surface area contributed by atoms with Crippen molar-refractivity contribution in [2.24, 2.45) is 0 Å². The molecule has 1 aliphatic rings. The van der Waals surface area contributed by atoms with E-state index in [0.717, 1.165) is 28.2 Å². The van der Waals surface area contributed by atoms with Crippen molar-refractivity contribution < 1.29 is 17.6 Å². The maximum absolute atomic E-state index is 14.8. The number of nitrogens with zero attached hydrogens (tertiary/aromatic N) is 3. The molecule has 0 aliphatic carbocycles. The summed E-state index contributed by atoms with van der Waals surface area (Å²) in [5.41, 5.74) is 6.35. The second-order valence-corrected chi connectivity index (χ2v) is 13.9. The summed E-state index contributed by atoms with van der Waals surface area (Å²) in [7, 11) is -2.47. The zero-order valence-electron chi connectivity index (χ0n) is 26.1. The van der Waals surface area contributed by atoms with Crippen molar-refractivity contribution in [3.05, 3.63) is 180 Å². The Balaban J connectivity index is 0.000000424. The zero-order chi connectivity index (χ0) is 33.1. The van der Waals surface area contributed by atoms with Crippen molar-refractivity contribution in [2.45, 2.75) is 13.8 Å². The van der Waals surface area contributed by atoms with Crippen LogP contribution in [0.15, 0.2) is 146 Å². The number of aryl methyl sites for hydroxylation is 2. The third kappa shape index (κ3) is 6.29. The Labute approximate surface area is 274 Å². The van der Waals surface area contributed by atoms with Crippen LogP contribution in [0.5, 0.6) is 0 Å². The van der Waals surface area contributed by atoms with Gasteiger partial charge in [0.2, 0.25) is 0 Å². The fraction of sp³-hybridized carbons (Fsp3) is 0.0769. The highest BCUT2D eigenvalue weighted by molar-refractivity contribution is 8.37. The summed E-state index contributed by atoms with van der Waals surface area (Å²) in [6.07, 6.45) is 2.07. The highest BCUT2D eigenvalue weighted by atomic mass is 32.3. The smallest absolute Gasteiger partial charge is 0.125 e. The largest absolute Gasteiger partial charge is 0.271 e. The molecule has 3 nitrogen and oxygen atoms in total. The molecule has 0 radical (unpaired) electrons. The lowest BCUT2D eigenvalue weighted by molar-refractivity contribution is 0.626. The quantitative estimate of drug-likeness (QED) is 0.172. The SMILES string of the molecule is Cc1cccc(F)c1.Cc1ccccc1N(c1cccc(F)c1)S1(C)N(c2cccc(F)c2)c2ccccc2N1c1cccc(F)c1. The van der Waals surface area contributed by atoms with Gasteiger partial charge in [0.15, 0.2) is 0 Å². The van der Waals surface area contributed by atoms with Gasteiger partial charge < -0.3 is 0 Å². The standard InChI is InChI=1S/C32H26F3N3S.C7H7F/c1-23-10-3-4-17-30(23)36(27-14-7-11-24(33)20-27)39(2)37(28-15-8-12-25(34)21-28)31-18-5-6-19-32(31)38(39)29-16-9-13-26(35)22-29;1-6-3-2-4-7(8)5-6/h3-22H,1-2H3;2-5H,1H3. The van der Waals surface area contributed by atoms with Gasteiger partial charge in [0.1, 0.15) is 23.3 Å². The second kappa shape index (κ2) is 13.3. The van der Waals surface area contributed by atoms with E-state index in [9.17, 15) is 17.6 Å². The molecular weight excluding hydrogens is 619 g/mol. The second-order valence-electron chi connectivity index (χ2n) is 11.2. The molecule has 0 bridgehead atoms. The summed E-state index contributed by atoms with van der Waals surface area (Å²) in [6, 6.07) is 41.6. The van der Waals surface area contributed by atoms with Gasteiger partial charge in [0.25, 0.3) is 0 Å². The summed E-state index contributed by atoms with van der Waals surface area (Å²) in [5.74, 6) is -1.28. The molecule has 7 rings (SSSR count). The van der Waals surface area contributed by atoms with Crippen LogP contribution in [-0.4, -0.2) is 6.26 Å². The molecule has 0 N–H and O–H groups in total. The average molecular weight is 652 g/mol. The van der Waals surface area contributed by atoms with Crippen LogP contribution < -0.4 is 12.9 Å². The molecule has 0 amide bonds. The first-order chi connectivity index (χ1) is 22.7. The molecule has 8 heteroatoms. The lowest BCUT2D eigenvalue weighted by Gasteiger charge is -2.55. The first-order valence-electron chi connectivity index (χ1n) is 15.0. The number of fused-ring (bicyclic) bond motifs is 1. The number of para-hydroxylation sites is 3. The van der Waals surface area contributed by atoms with Crippen LogP contribution in [0, 0.1) is 37.1 Å². The fourth-order valence-corrected chi connectivity index (χ4v) is 9.49. The third-order valence-electron chi connectivity index (χ3n) is 7.80. The van der Waals surface area contributed by atoms with Crippen LogP contribution in [0.3, 0.4) is 0 Å². The van der Waals surface area contributed by atoms with Crippen molar-refractivity contribution in [3.8, 4) is 0 Å². The van der Waals surface area contributed by atoms with Crippen LogP contribution in [0.4, 0.5) is 51.7 Å². The van der Waals surface area contributed by atoms with E-state index < -0.39 is 10.6 Å². The van der Waals surface area contributed by atoms with Crippen LogP contribution >= 0.6 is 10.6 Å². The number of hydrogen-bond donors (Lipinski definition) is 0. The summed E-state index contributed by atoms with van der Waals surface area (Å²) in [5, 5.41) is 0. The first kappa shape index (κ1) is 31.8. The molecule has 0 atom stereocenters. The molecular formula is C39H33F4N3S. The maximum Gasteiger partial charge on any atom is 0.125 e. The van der Waals surface area contributed by atoms with Crippen molar-refractivity contribution in [1.82, 2.24) is 0 Å². The van der Waals surface area contributed by atoms with Gasteiger partial charge in [-0.05, 0) is 110 Å². The highest BCUT2D eigenvalue weighted by Crippen LogP contribution is 2.73. The Morgan fingerprint density at radius 2 is 0.957 bits per heavy atom. The van der Waals surface area contributed by atoms with Crippen LogP contribution in [-0.2, 0) is 0 Å². The van der Waals surface area contributed by atoms with Gasteiger partial charge in [-0.15, -0.1) is 0 Å². The van der Waals surface area contributed by atoms with Crippen LogP contribution in [0.2, 0.25) is 0 Å². The van der Waals surface area contributed by atoms with E-state index in [1.807, 2.05) is 86.6 Å². The van der Waals surface area contributed by atoms with Gasteiger partial charge in [0.05, 0.1) is 34.1 Å². The molecule has 6 aromatic carbocycles. The summed E-state index contributed by atoms with van der Waals surface area (Å²) < 4.78 is 62.8. The predicted molar refractivity (Wildman–Crippen MR) is 188 cm³/mol. The molecule has 0 saturated carbocycles.